The Hall–Kier alpha value is -2.67. The first kappa shape index (κ1) is 22.1. The van der Waals surface area contributed by atoms with E-state index < -0.39 is 5.60 Å². The summed E-state index contributed by atoms with van der Waals surface area (Å²) >= 11 is 0. The van der Waals surface area contributed by atoms with Gasteiger partial charge in [0.2, 0.25) is 0 Å². The lowest BCUT2D eigenvalue weighted by atomic mass is 9.66. The van der Waals surface area contributed by atoms with Gasteiger partial charge in [0.15, 0.2) is 0 Å². The number of benzene rings is 1. The van der Waals surface area contributed by atoms with Gasteiger partial charge in [-0.3, -0.25) is 9.36 Å². The molecule has 1 aromatic carbocycles. The van der Waals surface area contributed by atoms with Crippen LogP contribution in [0.3, 0.4) is 0 Å². The number of nitrogens with one attached hydrogen (secondary N) is 1. The van der Waals surface area contributed by atoms with E-state index in [9.17, 15) is 14.7 Å². The highest BCUT2D eigenvalue weighted by molar-refractivity contribution is 5.74. The molecule has 0 bridgehead atoms. The van der Waals surface area contributed by atoms with Gasteiger partial charge in [-0.05, 0) is 37.5 Å². The first-order chi connectivity index (χ1) is 15.8. The van der Waals surface area contributed by atoms with Gasteiger partial charge >= 0.3 is 6.03 Å². The van der Waals surface area contributed by atoms with Gasteiger partial charge in [0.25, 0.3) is 5.56 Å². The molecule has 176 valence electrons. The van der Waals surface area contributed by atoms with Gasteiger partial charge in [0.1, 0.15) is 0 Å². The third-order valence-electron chi connectivity index (χ3n) is 8.27. The number of aromatic nitrogens is 2. The van der Waals surface area contributed by atoms with Crippen LogP contribution < -0.4 is 10.9 Å². The first-order valence-electron chi connectivity index (χ1n) is 12.2. The summed E-state index contributed by atoms with van der Waals surface area (Å²) in [5.41, 5.74) is 0.203. The smallest absolute Gasteiger partial charge is 0.317 e. The maximum atomic E-state index is 12.9. The number of amides is 2. The quantitative estimate of drug-likeness (QED) is 0.731. The molecule has 2 amide bonds. The van der Waals surface area contributed by atoms with Crippen molar-refractivity contribution in [2.24, 2.45) is 10.8 Å². The molecule has 2 saturated carbocycles. The normalized spacial score (nSPS) is 25.2. The van der Waals surface area contributed by atoms with Crippen molar-refractivity contribution in [1.82, 2.24) is 19.8 Å². The molecule has 2 N–H and O–H groups in total. The fraction of sp³-hybridized carbons (Fsp3) is 0.577. The molecule has 1 aromatic heterocycles. The van der Waals surface area contributed by atoms with E-state index in [2.05, 4.69) is 17.2 Å². The van der Waals surface area contributed by atoms with E-state index in [0.717, 1.165) is 31.2 Å². The molecule has 1 atom stereocenters. The number of hydrogen-bond acceptors (Lipinski definition) is 4. The molecule has 1 spiro atoms. The van der Waals surface area contributed by atoms with Crippen LogP contribution in [0.15, 0.2) is 47.5 Å². The van der Waals surface area contributed by atoms with E-state index in [1.807, 2.05) is 35.2 Å². The zero-order valence-corrected chi connectivity index (χ0v) is 19.4. The fourth-order valence-corrected chi connectivity index (χ4v) is 5.66. The number of aliphatic hydroxyl groups is 1. The number of hydrogen-bond donors (Lipinski definition) is 2. The number of likely N-dealkylation sites (tertiary alicyclic amines) is 1. The summed E-state index contributed by atoms with van der Waals surface area (Å²) in [5, 5.41) is 15.0. The summed E-state index contributed by atoms with van der Waals surface area (Å²) in [6, 6.07) is 11.1. The Morgan fingerprint density at radius 2 is 1.85 bits per heavy atom. The van der Waals surface area contributed by atoms with E-state index >= 15 is 0 Å². The number of nitrogens with zero attached hydrogens (tertiary/aromatic N) is 3. The molecular weight excluding hydrogens is 416 g/mol. The van der Waals surface area contributed by atoms with Crippen LogP contribution in [0.5, 0.6) is 0 Å². The molecule has 1 aliphatic heterocycles. The Kier molecular flexibility index (Phi) is 5.55. The van der Waals surface area contributed by atoms with Crippen LogP contribution >= 0.6 is 0 Å². The standard InChI is InChI=1S/C26H34N4O3/c1-24(11-12-24)16-27-23(32)29-14-13-26(33,25(17-29)9-5-6-10-25)18-30-19-28-21(15-22(30)31)20-7-3-2-4-8-20/h2-4,7-8,15,19,33H,5-6,9-14,16-18H2,1H3,(H,27,32). The molecular formula is C26H34N4O3. The van der Waals surface area contributed by atoms with E-state index in [0.29, 0.717) is 31.7 Å². The lowest BCUT2D eigenvalue weighted by Gasteiger charge is -2.52. The Morgan fingerprint density at radius 1 is 1.12 bits per heavy atom. The summed E-state index contributed by atoms with van der Waals surface area (Å²) in [7, 11) is 0. The molecule has 1 saturated heterocycles. The highest BCUT2D eigenvalue weighted by Crippen LogP contribution is 2.51. The lowest BCUT2D eigenvalue weighted by molar-refractivity contribution is -0.135. The molecule has 33 heavy (non-hydrogen) atoms. The number of rotatable bonds is 5. The van der Waals surface area contributed by atoms with E-state index in [-0.39, 0.29) is 29.0 Å². The molecule has 2 aliphatic carbocycles. The number of urea groups is 1. The number of piperidine rings is 1. The van der Waals surface area contributed by atoms with Crippen molar-refractivity contribution in [3.05, 3.63) is 53.1 Å². The van der Waals surface area contributed by atoms with Gasteiger partial charge in [-0.2, -0.15) is 0 Å². The average molecular weight is 451 g/mol. The molecule has 1 unspecified atom stereocenters. The lowest BCUT2D eigenvalue weighted by Crippen LogP contribution is -2.63. The number of carbonyl (C=O) groups excluding carboxylic acids is 1. The minimum absolute atomic E-state index is 0.0255. The highest BCUT2D eigenvalue weighted by atomic mass is 16.3. The van der Waals surface area contributed by atoms with Crippen LogP contribution in [0, 0.1) is 10.8 Å². The molecule has 0 radical (unpaired) electrons. The van der Waals surface area contributed by atoms with Crippen molar-refractivity contribution < 1.29 is 9.90 Å². The molecule has 7 heteroatoms. The average Bonchev–Trinajstić information content (AvgIpc) is 3.36. The van der Waals surface area contributed by atoms with Gasteiger partial charge in [-0.25, -0.2) is 9.78 Å². The second kappa shape index (κ2) is 8.28. The second-order valence-electron chi connectivity index (χ2n) is 10.8. The summed E-state index contributed by atoms with van der Waals surface area (Å²) in [4.78, 5) is 32.2. The van der Waals surface area contributed by atoms with Crippen LogP contribution in [0.1, 0.15) is 51.9 Å². The highest BCUT2D eigenvalue weighted by Gasteiger charge is 2.55. The molecule has 3 aliphatic rings. The van der Waals surface area contributed by atoms with Crippen LogP contribution in [-0.2, 0) is 6.54 Å². The van der Waals surface area contributed by atoms with Gasteiger partial charge in [0, 0.05) is 36.7 Å². The van der Waals surface area contributed by atoms with Crippen molar-refractivity contribution in [3.8, 4) is 11.3 Å². The van der Waals surface area contributed by atoms with Crippen molar-refractivity contribution in [1.29, 1.82) is 0 Å². The van der Waals surface area contributed by atoms with Crippen molar-refractivity contribution in [2.75, 3.05) is 19.6 Å². The van der Waals surface area contributed by atoms with E-state index in [1.54, 1.807) is 12.4 Å². The monoisotopic (exact) mass is 450 g/mol. The fourth-order valence-electron chi connectivity index (χ4n) is 5.66. The Morgan fingerprint density at radius 3 is 2.52 bits per heavy atom. The van der Waals surface area contributed by atoms with Gasteiger partial charge in [-0.15, -0.1) is 0 Å². The zero-order chi connectivity index (χ0) is 23.1. The molecule has 7 nitrogen and oxygen atoms in total. The largest absolute Gasteiger partial charge is 0.387 e. The maximum absolute atomic E-state index is 12.9. The molecule has 2 heterocycles. The van der Waals surface area contributed by atoms with Crippen LogP contribution in [0.25, 0.3) is 11.3 Å². The van der Waals surface area contributed by atoms with Crippen molar-refractivity contribution >= 4 is 6.03 Å². The van der Waals surface area contributed by atoms with Crippen molar-refractivity contribution in [2.45, 2.75) is 64.0 Å². The number of carbonyl (C=O) groups is 1. The maximum Gasteiger partial charge on any atom is 0.317 e. The summed E-state index contributed by atoms with van der Waals surface area (Å²) in [6.07, 6.45) is 8.17. The van der Waals surface area contributed by atoms with E-state index in [1.165, 1.54) is 17.4 Å². The summed E-state index contributed by atoms with van der Waals surface area (Å²) in [5.74, 6) is 0. The SMILES string of the molecule is CC1(CNC(=O)N2CCC(O)(Cn3cnc(-c4ccccc4)cc3=O)C3(CCCC3)C2)CC1. The molecule has 3 fully saturated rings. The zero-order valence-electron chi connectivity index (χ0n) is 19.4. The predicted molar refractivity (Wildman–Crippen MR) is 127 cm³/mol. The Labute approximate surface area is 194 Å². The van der Waals surface area contributed by atoms with Gasteiger partial charge in [-0.1, -0.05) is 50.1 Å². The Balaban J connectivity index is 1.33. The van der Waals surface area contributed by atoms with Gasteiger partial charge in [0.05, 0.1) is 24.2 Å². The van der Waals surface area contributed by atoms with Crippen LogP contribution in [0.2, 0.25) is 0 Å². The van der Waals surface area contributed by atoms with E-state index in [4.69, 9.17) is 0 Å². The summed E-state index contributed by atoms with van der Waals surface area (Å²) < 4.78 is 1.54. The summed E-state index contributed by atoms with van der Waals surface area (Å²) in [6.45, 7) is 4.16. The third kappa shape index (κ3) is 4.31. The van der Waals surface area contributed by atoms with Crippen LogP contribution in [-0.4, -0.2) is 50.8 Å². The van der Waals surface area contributed by atoms with Crippen molar-refractivity contribution in [3.63, 3.8) is 0 Å². The second-order valence-corrected chi connectivity index (χ2v) is 10.8. The van der Waals surface area contributed by atoms with Crippen LogP contribution in [0.4, 0.5) is 4.79 Å². The Bertz CT molecular complexity index is 1070. The third-order valence-corrected chi connectivity index (χ3v) is 8.27. The first-order valence-corrected chi connectivity index (χ1v) is 12.2. The minimum Gasteiger partial charge on any atom is -0.387 e. The molecule has 5 rings (SSSR count). The van der Waals surface area contributed by atoms with Gasteiger partial charge < -0.3 is 15.3 Å². The predicted octanol–water partition coefficient (Wildman–Crippen LogP) is 3.42. The topological polar surface area (TPSA) is 87.5 Å². The molecule has 2 aromatic rings. The minimum atomic E-state index is -1.04.